The Morgan fingerprint density at radius 1 is 1.12 bits per heavy atom. The van der Waals surface area contributed by atoms with E-state index in [4.69, 9.17) is 15.2 Å². The molecule has 3 atom stereocenters. The molecular formula is C19H30FNO3. The highest BCUT2D eigenvalue weighted by atomic mass is 19.1. The van der Waals surface area contributed by atoms with Crippen molar-refractivity contribution in [3.8, 4) is 5.75 Å². The fraction of sp³-hybridized carbons (Fsp3) is 0.632. The third-order valence-electron chi connectivity index (χ3n) is 4.35. The van der Waals surface area contributed by atoms with E-state index in [0.29, 0.717) is 5.75 Å². The first-order valence-corrected chi connectivity index (χ1v) is 8.68. The number of halogens is 1. The van der Waals surface area contributed by atoms with Crippen molar-refractivity contribution in [2.24, 2.45) is 17.6 Å². The minimum atomic E-state index is -0.652. The highest BCUT2D eigenvalue weighted by Crippen LogP contribution is 2.25. The van der Waals surface area contributed by atoms with Gasteiger partial charge in [-0.1, -0.05) is 27.7 Å². The van der Waals surface area contributed by atoms with Crippen LogP contribution in [0, 0.1) is 17.7 Å². The van der Waals surface area contributed by atoms with Crippen molar-refractivity contribution >= 4 is 5.97 Å². The molecule has 0 aliphatic heterocycles. The van der Waals surface area contributed by atoms with E-state index in [-0.39, 0.29) is 23.8 Å². The van der Waals surface area contributed by atoms with Gasteiger partial charge in [-0.15, -0.1) is 0 Å². The van der Waals surface area contributed by atoms with Crippen LogP contribution in [0.5, 0.6) is 5.75 Å². The summed E-state index contributed by atoms with van der Waals surface area (Å²) >= 11 is 0. The van der Waals surface area contributed by atoms with Gasteiger partial charge in [0.15, 0.2) is 0 Å². The van der Waals surface area contributed by atoms with Gasteiger partial charge in [0.25, 0.3) is 0 Å². The number of benzene rings is 1. The summed E-state index contributed by atoms with van der Waals surface area (Å²) < 4.78 is 24.7. The van der Waals surface area contributed by atoms with Gasteiger partial charge in [-0.3, -0.25) is 4.79 Å². The maximum atomic E-state index is 13.1. The lowest BCUT2D eigenvalue weighted by atomic mass is 9.93. The number of ether oxygens (including phenoxy) is 2. The molecule has 0 aliphatic carbocycles. The Hall–Kier alpha value is -1.62. The average Bonchev–Trinajstić information content (AvgIpc) is 2.55. The molecule has 1 aromatic rings. The molecule has 0 aliphatic rings. The van der Waals surface area contributed by atoms with Crippen LogP contribution in [0.4, 0.5) is 4.39 Å². The first-order valence-electron chi connectivity index (χ1n) is 8.68. The first kappa shape index (κ1) is 20.4. The van der Waals surface area contributed by atoms with Crippen LogP contribution in [0.15, 0.2) is 24.3 Å². The zero-order chi connectivity index (χ0) is 18.3. The molecule has 0 unspecified atom stereocenters. The van der Waals surface area contributed by atoms with Crippen LogP contribution in [0.2, 0.25) is 0 Å². The maximum absolute atomic E-state index is 13.1. The summed E-state index contributed by atoms with van der Waals surface area (Å²) in [5.74, 6) is 0.0479. The third-order valence-corrected chi connectivity index (χ3v) is 4.35. The van der Waals surface area contributed by atoms with Crippen LogP contribution < -0.4 is 10.5 Å². The summed E-state index contributed by atoms with van der Waals surface area (Å²) in [5.41, 5.74) is 5.86. The Labute approximate surface area is 144 Å². The van der Waals surface area contributed by atoms with Crippen LogP contribution in [0.1, 0.15) is 47.5 Å². The van der Waals surface area contributed by atoms with E-state index in [1.54, 1.807) is 12.1 Å². The van der Waals surface area contributed by atoms with Crippen LogP contribution in [0.3, 0.4) is 0 Å². The highest BCUT2D eigenvalue weighted by molar-refractivity contribution is 5.75. The zero-order valence-corrected chi connectivity index (χ0v) is 15.3. The van der Waals surface area contributed by atoms with Gasteiger partial charge in [-0.25, -0.2) is 4.39 Å². The molecule has 0 spiro atoms. The number of rotatable bonds is 9. The molecule has 136 valence electrons. The Balaban J connectivity index is 2.88. The summed E-state index contributed by atoms with van der Waals surface area (Å²) in [4.78, 5) is 12.1. The van der Waals surface area contributed by atoms with Crippen molar-refractivity contribution in [1.82, 2.24) is 0 Å². The molecule has 5 heteroatoms. The third kappa shape index (κ3) is 5.78. The second kappa shape index (κ2) is 9.62. The molecule has 2 N–H and O–H groups in total. The molecule has 0 saturated heterocycles. The van der Waals surface area contributed by atoms with Gasteiger partial charge in [0, 0.05) is 0 Å². The van der Waals surface area contributed by atoms with Gasteiger partial charge in [0.1, 0.15) is 29.8 Å². The van der Waals surface area contributed by atoms with E-state index in [1.807, 2.05) is 20.8 Å². The lowest BCUT2D eigenvalue weighted by Gasteiger charge is -2.32. The van der Waals surface area contributed by atoms with Gasteiger partial charge in [-0.2, -0.15) is 0 Å². The number of hydrogen-bond donors (Lipinski definition) is 1. The van der Waals surface area contributed by atoms with Crippen molar-refractivity contribution < 1.29 is 18.7 Å². The van der Waals surface area contributed by atoms with Crippen molar-refractivity contribution in [3.63, 3.8) is 0 Å². The van der Waals surface area contributed by atoms with Crippen LogP contribution in [-0.4, -0.2) is 24.2 Å². The van der Waals surface area contributed by atoms with Crippen molar-refractivity contribution in [2.45, 2.75) is 65.7 Å². The lowest BCUT2D eigenvalue weighted by Crippen LogP contribution is -2.44. The number of esters is 1. The SMILES string of the molecule is CCC(CC)[C@@H](Oc1ccc(F)cc1)[C@H](C)OC(=O)[C@@H](N)C(C)C. The predicted octanol–water partition coefficient (Wildman–Crippen LogP) is 3.92. The van der Waals surface area contributed by atoms with Crippen molar-refractivity contribution in [3.05, 3.63) is 30.1 Å². The van der Waals surface area contributed by atoms with E-state index in [2.05, 4.69) is 13.8 Å². The van der Waals surface area contributed by atoms with Gasteiger partial charge >= 0.3 is 5.97 Å². The standard InChI is InChI=1S/C19H30FNO3/c1-6-14(7-2)18(24-16-10-8-15(20)9-11-16)13(5)23-19(22)17(21)12(3)4/h8-14,17-18H,6-7,21H2,1-5H3/t13-,17-,18-/m0/s1. The number of hydrogen-bond acceptors (Lipinski definition) is 4. The number of carbonyl (C=O) groups excluding carboxylic acids is 1. The van der Waals surface area contributed by atoms with Gasteiger partial charge in [0.05, 0.1) is 0 Å². The normalized spacial score (nSPS) is 15.2. The summed E-state index contributed by atoms with van der Waals surface area (Å²) in [5, 5.41) is 0. The van der Waals surface area contributed by atoms with Gasteiger partial charge in [-0.05, 0) is 55.9 Å². The summed E-state index contributed by atoms with van der Waals surface area (Å²) in [6, 6.07) is 5.22. The molecule has 24 heavy (non-hydrogen) atoms. The van der Waals surface area contributed by atoms with Crippen LogP contribution >= 0.6 is 0 Å². The molecule has 1 rings (SSSR count). The minimum absolute atomic E-state index is 0.00862. The minimum Gasteiger partial charge on any atom is -0.486 e. The van der Waals surface area contributed by atoms with E-state index >= 15 is 0 Å². The molecule has 0 saturated carbocycles. The fourth-order valence-electron chi connectivity index (χ4n) is 2.60. The second-order valence-corrected chi connectivity index (χ2v) is 6.52. The van der Waals surface area contributed by atoms with E-state index in [1.165, 1.54) is 12.1 Å². The Bertz CT molecular complexity index is 500. The number of carbonyl (C=O) groups is 1. The molecule has 0 amide bonds. The highest BCUT2D eigenvalue weighted by Gasteiger charge is 2.31. The lowest BCUT2D eigenvalue weighted by molar-refractivity contribution is -0.157. The monoisotopic (exact) mass is 339 g/mol. The molecule has 0 aromatic heterocycles. The fourth-order valence-corrected chi connectivity index (χ4v) is 2.60. The summed E-state index contributed by atoms with van der Waals surface area (Å²) in [7, 11) is 0. The quantitative estimate of drug-likeness (QED) is 0.693. The smallest absolute Gasteiger partial charge is 0.323 e. The van der Waals surface area contributed by atoms with Crippen molar-refractivity contribution in [2.75, 3.05) is 0 Å². The molecule has 1 aromatic carbocycles. The van der Waals surface area contributed by atoms with E-state index in [9.17, 15) is 9.18 Å². The largest absolute Gasteiger partial charge is 0.486 e. The molecule has 0 heterocycles. The molecule has 0 fully saturated rings. The van der Waals surface area contributed by atoms with Crippen LogP contribution in [0.25, 0.3) is 0 Å². The Morgan fingerprint density at radius 3 is 2.12 bits per heavy atom. The van der Waals surface area contributed by atoms with E-state index in [0.717, 1.165) is 12.8 Å². The predicted molar refractivity (Wildman–Crippen MR) is 93.3 cm³/mol. The Kier molecular flexibility index (Phi) is 8.19. The zero-order valence-electron chi connectivity index (χ0n) is 15.3. The summed E-state index contributed by atoms with van der Waals surface area (Å²) in [6.07, 6.45) is 1.02. The van der Waals surface area contributed by atoms with Crippen LogP contribution in [-0.2, 0) is 9.53 Å². The van der Waals surface area contributed by atoms with Gasteiger partial charge < -0.3 is 15.2 Å². The van der Waals surface area contributed by atoms with E-state index < -0.39 is 18.1 Å². The number of nitrogens with two attached hydrogens (primary N) is 1. The first-order chi connectivity index (χ1) is 11.3. The maximum Gasteiger partial charge on any atom is 0.323 e. The molecule has 4 nitrogen and oxygen atoms in total. The van der Waals surface area contributed by atoms with Gasteiger partial charge in [0.2, 0.25) is 0 Å². The van der Waals surface area contributed by atoms with Crippen molar-refractivity contribution in [1.29, 1.82) is 0 Å². The molecule has 0 radical (unpaired) electrons. The molecule has 0 bridgehead atoms. The Morgan fingerprint density at radius 2 is 1.67 bits per heavy atom. The molecular weight excluding hydrogens is 309 g/mol. The second-order valence-electron chi connectivity index (χ2n) is 6.52. The topological polar surface area (TPSA) is 61.5 Å². The summed E-state index contributed by atoms with van der Waals surface area (Å²) in [6.45, 7) is 9.72. The average molecular weight is 339 g/mol.